The van der Waals surface area contributed by atoms with Crippen LogP contribution in [0.15, 0.2) is 66.7 Å². The first-order valence-electron chi connectivity index (χ1n) is 9.20. The Hall–Kier alpha value is -3.01. The molecule has 0 aliphatic carbocycles. The van der Waals surface area contributed by atoms with Gasteiger partial charge in [0.2, 0.25) is 0 Å². The Morgan fingerprint density at radius 3 is 2.30 bits per heavy atom. The minimum atomic E-state index is -0.585. The van der Waals surface area contributed by atoms with Gasteiger partial charge in [0.25, 0.3) is 5.91 Å². The SMILES string of the molecule is CC[C@H](NC(=O)[C@H](C)Oc1ccc2ccccc2c1)c1ccc(OC)cc1. The summed E-state index contributed by atoms with van der Waals surface area (Å²) in [6.07, 6.45) is 0.208. The summed E-state index contributed by atoms with van der Waals surface area (Å²) in [6.45, 7) is 3.81. The molecule has 3 aromatic rings. The minimum absolute atomic E-state index is 0.0638. The van der Waals surface area contributed by atoms with Crippen molar-refractivity contribution in [1.82, 2.24) is 5.32 Å². The van der Waals surface area contributed by atoms with Crippen LogP contribution < -0.4 is 14.8 Å². The van der Waals surface area contributed by atoms with Crippen LogP contribution >= 0.6 is 0 Å². The van der Waals surface area contributed by atoms with E-state index >= 15 is 0 Å². The summed E-state index contributed by atoms with van der Waals surface area (Å²) in [5, 5.41) is 5.31. The molecule has 4 heteroatoms. The molecule has 0 spiro atoms. The molecule has 0 saturated heterocycles. The van der Waals surface area contributed by atoms with Crippen LogP contribution in [0.25, 0.3) is 10.8 Å². The molecule has 1 N–H and O–H groups in total. The van der Waals surface area contributed by atoms with Crippen LogP contribution in [0, 0.1) is 0 Å². The normalized spacial score (nSPS) is 13.0. The molecule has 0 heterocycles. The van der Waals surface area contributed by atoms with Gasteiger partial charge in [-0.15, -0.1) is 0 Å². The van der Waals surface area contributed by atoms with Gasteiger partial charge >= 0.3 is 0 Å². The fourth-order valence-electron chi connectivity index (χ4n) is 3.04. The van der Waals surface area contributed by atoms with Crippen LogP contribution in [-0.4, -0.2) is 19.1 Å². The zero-order valence-corrected chi connectivity index (χ0v) is 15.9. The molecular weight excluding hydrogens is 338 g/mol. The number of hydrogen-bond acceptors (Lipinski definition) is 3. The van der Waals surface area contributed by atoms with E-state index < -0.39 is 6.10 Å². The van der Waals surface area contributed by atoms with Gasteiger partial charge in [-0.2, -0.15) is 0 Å². The number of fused-ring (bicyclic) bond motifs is 1. The van der Waals surface area contributed by atoms with Crippen molar-refractivity contribution in [3.05, 3.63) is 72.3 Å². The van der Waals surface area contributed by atoms with E-state index in [9.17, 15) is 4.79 Å². The molecule has 2 atom stereocenters. The van der Waals surface area contributed by atoms with Gasteiger partial charge in [0.1, 0.15) is 11.5 Å². The van der Waals surface area contributed by atoms with E-state index in [0.717, 1.165) is 28.5 Å². The Morgan fingerprint density at radius 2 is 1.63 bits per heavy atom. The monoisotopic (exact) mass is 363 g/mol. The molecule has 140 valence electrons. The number of benzene rings is 3. The van der Waals surface area contributed by atoms with Crippen LogP contribution in [0.4, 0.5) is 0 Å². The maximum absolute atomic E-state index is 12.6. The topological polar surface area (TPSA) is 47.6 Å². The Bertz CT molecular complexity index is 905. The molecule has 27 heavy (non-hydrogen) atoms. The van der Waals surface area contributed by atoms with Crippen molar-refractivity contribution in [3.8, 4) is 11.5 Å². The van der Waals surface area contributed by atoms with E-state index in [0.29, 0.717) is 5.75 Å². The van der Waals surface area contributed by atoms with Crippen LogP contribution in [0.5, 0.6) is 11.5 Å². The van der Waals surface area contributed by atoms with Crippen LogP contribution in [0.2, 0.25) is 0 Å². The Morgan fingerprint density at radius 1 is 0.963 bits per heavy atom. The smallest absolute Gasteiger partial charge is 0.261 e. The molecule has 0 radical (unpaired) electrons. The average molecular weight is 363 g/mol. The number of methoxy groups -OCH3 is 1. The van der Waals surface area contributed by atoms with Crippen molar-refractivity contribution in [2.24, 2.45) is 0 Å². The maximum Gasteiger partial charge on any atom is 0.261 e. The molecule has 0 aliphatic rings. The molecule has 3 aromatic carbocycles. The zero-order valence-electron chi connectivity index (χ0n) is 15.9. The number of rotatable bonds is 7. The number of carbonyl (C=O) groups is 1. The van der Waals surface area contributed by atoms with Crippen LogP contribution in [0.3, 0.4) is 0 Å². The summed E-state index contributed by atoms with van der Waals surface area (Å²) < 4.78 is 11.1. The number of ether oxygens (including phenoxy) is 2. The minimum Gasteiger partial charge on any atom is -0.497 e. The fourth-order valence-corrected chi connectivity index (χ4v) is 3.04. The number of amides is 1. The lowest BCUT2D eigenvalue weighted by atomic mass is 10.0. The third-order valence-corrected chi connectivity index (χ3v) is 4.65. The van der Waals surface area contributed by atoms with E-state index in [4.69, 9.17) is 9.47 Å². The van der Waals surface area contributed by atoms with Crippen molar-refractivity contribution in [2.75, 3.05) is 7.11 Å². The Kier molecular flexibility index (Phi) is 5.97. The molecule has 3 rings (SSSR count). The standard InChI is InChI=1S/C23H25NO3/c1-4-22(18-10-12-20(26-3)13-11-18)24-23(25)16(2)27-21-14-9-17-7-5-6-8-19(17)15-21/h5-16,22H,4H2,1-3H3,(H,24,25)/t16-,22-/m0/s1. The van der Waals surface area contributed by atoms with Crippen molar-refractivity contribution in [1.29, 1.82) is 0 Å². The summed E-state index contributed by atoms with van der Waals surface area (Å²) in [7, 11) is 1.64. The maximum atomic E-state index is 12.6. The van der Waals surface area contributed by atoms with Crippen molar-refractivity contribution in [2.45, 2.75) is 32.4 Å². The lowest BCUT2D eigenvalue weighted by Gasteiger charge is -2.21. The lowest BCUT2D eigenvalue weighted by molar-refractivity contribution is -0.128. The molecule has 0 fully saturated rings. The fraction of sp³-hybridized carbons (Fsp3) is 0.261. The van der Waals surface area contributed by atoms with Crippen LogP contribution in [0.1, 0.15) is 31.9 Å². The third kappa shape index (κ3) is 4.59. The van der Waals surface area contributed by atoms with Crippen molar-refractivity contribution >= 4 is 16.7 Å². The highest BCUT2D eigenvalue weighted by Crippen LogP contribution is 2.23. The zero-order chi connectivity index (χ0) is 19.2. The van der Waals surface area contributed by atoms with E-state index in [1.807, 2.05) is 67.6 Å². The molecule has 0 aliphatic heterocycles. The van der Waals surface area contributed by atoms with E-state index in [-0.39, 0.29) is 11.9 Å². The van der Waals surface area contributed by atoms with Gasteiger partial charge in [-0.25, -0.2) is 0 Å². The molecule has 0 aromatic heterocycles. The number of hydrogen-bond donors (Lipinski definition) is 1. The second-order valence-electron chi connectivity index (χ2n) is 6.51. The first-order valence-corrected chi connectivity index (χ1v) is 9.20. The second kappa shape index (κ2) is 8.58. The summed E-state index contributed by atoms with van der Waals surface area (Å²) in [5.74, 6) is 1.35. The molecule has 0 unspecified atom stereocenters. The second-order valence-corrected chi connectivity index (χ2v) is 6.51. The first-order chi connectivity index (χ1) is 13.1. The largest absolute Gasteiger partial charge is 0.497 e. The quantitative estimate of drug-likeness (QED) is 0.650. The Balaban J connectivity index is 1.65. The summed E-state index contributed by atoms with van der Waals surface area (Å²) in [5.41, 5.74) is 1.05. The van der Waals surface area contributed by atoms with Gasteiger partial charge in [-0.05, 0) is 53.9 Å². The van der Waals surface area contributed by atoms with E-state index in [1.165, 1.54) is 0 Å². The van der Waals surface area contributed by atoms with E-state index in [1.54, 1.807) is 14.0 Å². The molecule has 1 amide bonds. The van der Waals surface area contributed by atoms with Gasteiger partial charge in [0.05, 0.1) is 13.2 Å². The summed E-state index contributed by atoms with van der Waals surface area (Å²) in [6, 6.07) is 21.6. The highest BCUT2D eigenvalue weighted by molar-refractivity contribution is 5.84. The molecular formula is C23H25NO3. The van der Waals surface area contributed by atoms with Crippen molar-refractivity contribution in [3.63, 3.8) is 0 Å². The molecule has 0 saturated carbocycles. The number of carbonyl (C=O) groups excluding carboxylic acids is 1. The summed E-state index contributed by atoms with van der Waals surface area (Å²) >= 11 is 0. The van der Waals surface area contributed by atoms with Gasteiger partial charge in [0.15, 0.2) is 6.10 Å². The molecule has 0 bridgehead atoms. The molecule has 4 nitrogen and oxygen atoms in total. The van der Waals surface area contributed by atoms with Gasteiger partial charge in [-0.1, -0.05) is 49.4 Å². The third-order valence-electron chi connectivity index (χ3n) is 4.65. The van der Waals surface area contributed by atoms with Crippen molar-refractivity contribution < 1.29 is 14.3 Å². The average Bonchev–Trinajstić information content (AvgIpc) is 2.71. The predicted octanol–water partition coefficient (Wildman–Crippen LogP) is 4.88. The first kappa shape index (κ1) is 18.8. The predicted molar refractivity (Wildman–Crippen MR) is 108 cm³/mol. The highest BCUT2D eigenvalue weighted by atomic mass is 16.5. The van der Waals surface area contributed by atoms with Gasteiger partial charge < -0.3 is 14.8 Å². The van der Waals surface area contributed by atoms with Gasteiger partial charge in [-0.3, -0.25) is 4.79 Å². The van der Waals surface area contributed by atoms with Crippen LogP contribution in [-0.2, 0) is 4.79 Å². The lowest BCUT2D eigenvalue weighted by Crippen LogP contribution is -2.38. The van der Waals surface area contributed by atoms with Gasteiger partial charge in [0, 0.05) is 0 Å². The van der Waals surface area contributed by atoms with E-state index in [2.05, 4.69) is 11.4 Å². The highest BCUT2D eigenvalue weighted by Gasteiger charge is 2.19. The summed E-state index contributed by atoms with van der Waals surface area (Å²) in [4.78, 5) is 12.6. The Labute approximate surface area is 160 Å². The number of nitrogens with one attached hydrogen (secondary N) is 1.